The van der Waals surface area contributed by atoms with Gasteiger partial charge >= 0.3 is 11.8 Å². The van der Waals surface area contributed by atoms with Crippen LogP contribution in [0.25, 0.3) is 10.2 Å². The molecule has 28 heavy (non-hydrogen) atoms. The van der Waals surface area contributed by atoms with Gasteiger partial charge in [-0.05, 0) is 42.8 Å². The lowest BCUT2D eigenvalue weighted by Crippen LogP contribution is -2.25. The fourth-order valence-electron chi connectivity index (χ4n) is 2.42. The number of aryl methyl sites for hydroxylation is 1. The third-order valence-corrected chi connectivity index (χ3v) is 4.73. The number of hydrogen-bond donors (Lipinski definition) is 0. The van der Waals surface area contributed by atoms with Gasteiger partial charge < -0.3 is 8.83 Å². The summed E-state index contributed by atoms with van der Waals surface area (Å²) in [5, 5.41) is 16.3. The molecule has 0 aliphatic carbocycles. The van der Waals surface area contributed by atoms with E-state index in [9.17, 15) is 14.9 Å². The first-order valence-electron chi connectivity index (χ1n) is 8.04. The van der Waals surface area contributed by atoms with Crippen molar-refractivity contribution in [3.8, 4) is 0 Å². The molecule has 9 nitrogen and oxygen atoms in total. The molecule has 1 aromatic carbocycles. The maximum atomic E-state index is 12.9. The minimum absolute atomic E-state index is 0.223. The van der Waals surface area contributed by atoms with E-state index in [0.29, 0.717) is 16.4 Å². The van der Waals surface area contributed by atoms with Crippen molar-refractivity contribution in [1.82, 2.24) is 4.98 Å². The van der Waals surface area contributed by atoms with Crippen molar-refractivity contribution in [2.24, 2.45) is 5.10 Å². The molecule has 0 fully saturated rings. The lowest BCUT2D eigenvalue weighted by Gasteiger charge is -2.11. The van der Waals surface area contributed by atoms with Gasteiger partial charge in [0.1, 0.15) is 10.7 Å². The number of amides is 1. The Labute approximate surface area is 161 Å². The van der Waals surface area contributed by atoms with Crippen LogP contribution in [0.4, 0.5) is 11.0 Å². The largest absolute Gasteiger partial charge is 0.463 e. The average Bonchev–Trinajstić information content (AvgIpc) is 3.41. The number of furan rings is 2. The van der Waals surface area contributed by atoms with Gasteiger partial charge in [0, 0.05) is 0 Å². The van der Waals surface area contributed by atoms with Crippen molar-refractivity contribution in [3.63, 3.8) is 0 Å². The molecular weight excluding hydrogens is 384 g/mol. The predicted molar refractivity (Wildman–Crippen MR) is 103 cm³/mol. The first kappa shape index (κ1) is 17.6. The summed E-state index contributed by atoms with van der Waals surface area (Å²) in [5.74, 6) is -1.01. The maximum absolute atomic E-state index is 12.9. The summed E-state index contributed by atoms with van der Waals surface area (Å²) in [6.07, 6.45) is 2.83. The summed E-state index contributed by atoms with van der Waals surface area (Å²) in [6, 6.07) is 11.4. The minimum Gasteiger partial charge on any atom is -0.463 e. The topological polar surface area (TPSA) is 115 Å². The Morgan fingerprint density at radius 2 is 2.18 bits per heavy atom. The molecule has 4 rings (SSSR count). The summed E-state index contributed by atoms with van der Waals surface area (Å²) in [4.78, 5) is 27.5. The first-order valence-corrected chi connectivity index (χ1v) is 8.86. The van der Waals surface area contributed by atoms with E-state index in [1.54, 1.807) is 12.1 Å². The van der Waals surface area contributed by atoms with Gasteiger partial charge in [-0.25, -0.2) is 4.98 Å². The van der Waals surface area contributed by atoms with E-state index < -0.39 is 16.7 Å². The van der Waals surface area contributed by atoms with E-state index >= 15 is 0 Å². The number of carbonyl (C=O) groups excluding carboxylic acids is 1. The number of fused-ring (bicyclic) bond motifs is 1. The van der Waals surface area contributed by atoms with Crippen LogP contribution in [0.3, 0.4) is 0 Å². The molecule has 0 bridgehead atoms. The number of nitrogens with zero attached hydrogens (tertiary/aromatic N) is 4. The summed E-state index contributed by atoms with van der Waals surface area (Å²) in [5.41, 5.74) is 1.77. The van der Waals surface area contributed by atoms with E-state index in [1.807, 2.05) is 25.1 Å². The van der Waals surface area contributed by atoms with E-state index in [1.165, 1.54) is 29.9 Å². The fraction of sp³-hybridized carbons (Fsp3) is 0.0556. The number of aromatic nitrogens is 1. The molecule has 0 spiro atoms. The quantitative estimate of drug-likeness (QED) is 0.281. The Kier molecular flexibility index (Phi) is 4.45. The van der Waals surface area contributed by atoms with Crippen LogP contribution in [0.1, 0.15) is 21.9 Å². The van der Waals surface area contributed by atoms with Crippen molar-refractivity contribution in [2.45, 2.75) is 6.92 Å². The molecule has 0 atom stereocenters. The van der Waals surface area contributed by atoms with Crippen molar-refractivity contribution in [3.05, 3.63) is 75.9 Å². The molecule has 10 heteroatoms. The third kappa shape index (κ3) is 3.40. The summed E-state index contributed by atoms with van der Waals surface area (Å²) in [7, 11) is 0. The van der Waals surface area contributed by atoms with Crippen LogP contribution in [0.5, 0.6) is 0 Å². The second-order valence-electron chi connectivity index (χ2n) is 5.74. The van der Waals surface area contributed by atoms with E-state index in [0.717, 1.165) is 21.3 Å². The summed E-state index contributed by atoms with van der Waals surface area (Å²) >= 11 is 1.27. The third-order valence-electron chi connectivity index (χ3n) is 3.73. The molecule has 0 aliphatic heterocycles. The first-order chi connectivity index (χ1) is 13.5. The zero-order chi connectivity index (χ0) is 19.7. The predicted octanol–water partition coefficient (Wildman–Crippen LogP) is 4.38. The molecule has 3 aromatic heterocycles. The molecular formula is C18H12N4O5S. The Hall–Kier alpha value is -3.79. The highest BCUT2D eigenvalue weighted by atomic mass is 32.1. The monoisotopic (exact) mass is 396 g/mol. The van der Waals surface area contributed by atoms with Crippen LogP contribution in [0.15, 0.2) is 62.7 Å². The van der Waals surface area contributed by atoms with Crippen molar-refractivity contribution >= 4 is 44.7 Å². The van der Waals surface area contributed by atoms with Gasteiger partial charge in [-0.15, -0.1) is 0 Å². The Bertz CT molecular complexity index is 1190. The van der Waals surface area contributed by atoms with Gasteiger partial charge in [-0.2, -0.15) is 10.1 Å². The van der Waals surface area contributed by atoms with Gasteiger partial charge in [0.2, 0.25) is 10.9 Å². The molecule has 4 aromatic rings. The number of carbonyl (C=O) groups is 1. The zero-order valence-corrected chi connectivity index (χ0v) is 15.3. The standard InChI is InChI=1S/C18H12N4O5S/c1-11-4-5-13-15(9-11)28-18(20-13)21(19-10-12-3-2-8-26-12)17(23)14-6-7-16(27-14)22(24)25/h2-10H,1H3. The van der Waals surface area contributed by atoms with Crippen LogP contribution in [0.2, 0.25) is 0 Å². The van der Waals surface area contributed by atoms with E-state index in [-0.39, 0.29) is 5.76 Å². The second kappa shape index (κ2) is 7.08. The van der Waals surface area contributed by atoms with Crippen LogP contribution in [-0.4, -0.2) is 22.0 Å². The Morgan fingerprint density at radius 1 is 1.32 bits per heavy atom. The molecule has 0 N–H and O–H groups in total. The molecule has 0 radical (unpaired) electrons. The van der Waals surface area contributed by atoms with Gasteiger partial charge in [0.15, 0.2) is 0 Å². The maximum Gasteiger partial charge on any atom is 0.433 e. The van der Waals surface area contributed by atoms with E-state index in [2.05, 4.69) is 10.1 Å². The number of nitro groups is 1. The lowest BCUT2D eigenvalue weighted by molar-refractivity contribution is -0.402. The Balaban J connectivity index is 1.75. The van der Waals surface area contributed by atoms with Crippen LogP contribution in [-0.2, 0) is 0 Å². The minimum atomic E-state index is -0.715. The van der Waals surface area contributed by atoms with E-state index in [4.69, 9.17) is 8.83 Å². The van der Waals surface area contributed by atoms with Gasteiger partial charge in [0.25, 0.3) is 0 Å². The van der Waals surface area contributed by atoms with Crippen LogP contribution in [0, 0.1) is 17.0 Å². The van der Waals surface area contributed by atoms with Gasteiger partial charge in [-0.1, -0.05) is 17.4 Å². The number of benzene rings is 1. The molecule has 0 saturated carbocycles. The second-order valence-corrected chi connectivity index (χ2v) is 6.75. The molecule has 140 valence electrons. The smallest absolute Gasteiger partial charge is 0.433 e. The van der Waals surface area contributed by atoms with Gasteiger partial charge in [0.05, 0.1) is 28.8 Å². The number of rotatable bonds is 5. The lowest BCUT2D eigenvalue weighted by atomic mass is 10.2. The number of hydrogen-bond acceptors (Lipinski definition) is 8. The van der Waals surface area contributed by atoms with Crippen molar-refractivity contribution in [1.29, 1.82) is 0 Å². The highest BCUT2D eigenvalue weighted by Crippen LogP contribution is 2.31. The SMILES string of the molecule is Cc1ccc2nc(N(N=Cc3ccco3)C(=O)c3ccc([N+](=O)[O-])o3)sc2c1. The average molecular weight is 396 g/mol. The summed E-state index contributed by atoms with van der Waals surface area (Å²) < 4.78 is 11.1. The van der Waals surface area contributed by atoms with Crippen molar-refractivity contribution < 1.29 is 18.6 Å². The molecule has 1 amide bonds. The van der Waals surface area contributed by atoms with Gasteiger partial charge in [-0.3, -0.25) is 14.9 Å². The van der Waals surface area contributed by atoms with Crippen LogP contribution < -0.4 is 5.01 Å². The molecule has 0 saturated heterocycles. The number of anilines is 1. The molecule has 0 unspecified atom stereocenters. The summed E-state index contributed by atoms with van der Waals surface area (Å²) in [6.45, 7) is 1.96. The normalized spacial score (nSPS) is 11.3. The number of thiazole rings is 1. The molecule has 3 heterocycles. The number of hydrazone groups is 1. The van der Waals surface area contributed by atoms with Crippen LogP contribution >= 0.6 is 11.3 Å². The highest BCUT2D eigenvalue weighted by molar-refractivity contribution is 7.22. The Morgan fingerprint density at radius 3 is 2.89 bits per heavy atom. The highest BCUT2D eigenvalue weighted by Gasteiger charge is 2.26. The molecule has 0 aliphatic rings. The zero-order valence-electron chi connectivity index (χ0n) is 14.4. The fourth-order valence-corrected chi connectivity index (χ4v) is 3.44. The van der Waals surface area contributed by atoms with Crippen molar-refractivity contribution in [2.75, 3.05) is 5.01 Å².